The first kappa shape index (κ1) is 16.5. The molecule has 1 fully saturated rings. The van der Waals surface area contributed by atoms with Crippen molar-refractivity contribution in [3.05, 3.63) is 0 Å². The third-order valence-electron chi connectivity index (χ3n) is 4.52. The van der Waals surface area contributed by atoms with Crippen molar-refractivity contribution in [3.63, 3.8) is 0 Å². The lowest BCUT2D eigenvalue weighted by Gasteiger charge is -2.43. The Balaban J connectivity index is 2.40. The number of ether oxygens (including phenoxy) is 1. The summed E-state index contributed by atoms with van der Waals surface area (Å²) in [6, 6.07) is 0. The molecule has 0 aromatic heterocycles. The standard InChI is InChI=1S/C16H31BrO/c1-5-6-7-12-18-16(13-17)10-8-14(9-11-16)15(2,3)4/h14H,5-13H2,1-4H3. The van der Waals surface area contributed by atoms with Crippen LogP contribution in [0.4, 0.5) is 0 Å². The first-order chi connectivity index (χ1) is 8.43. The van der Waals surface area contributed by atoms with E-state index in [2.05, 4.69) is 43.6 Å². The molecule has 0 amide bonds. The number of hydrogen-bond acceptors (Lipinski definition) is 1. The zero-order valence-electron chi connectivity index (χ0n) is 12.7. The van der Waals surface area contributed by atoms with Crippen LogP contribution < -0.4 is 0 Å². The molecule has 0 aliphatic heterocycles. The summed E-state index contributed by atoms with van der Waals surface area (Å²) < 4.78 is 6.24. The average Bonchev–Trinajstić information content (AvgIpc) is 2.34. The van der Waals surface area contributed by atoms with Crippen molar-refractivity contribution >= 4 is 15.9 Å². The maximum Gasteiger partial charge on any atom is 0.0779 e. The van der Waals surface area contributed by atoms with Crippen LogP contribution in [0.1, 0.15) is 72.6 Å². The number of unbranched alkanes of at least 4 members (excludes halogenated alkanes) is 2. The van der Waals surface area contributed by atoms with Gasteiger partial charge in [-0.15, -0.1) is 0 Å². The Kier molecular flexibility index (Phi) is 6.67. The molecule has 0 bridgehead atoms. The lowest BCUT2D eigenvalue weighted by Crippen LogP contribution is -2.41. The van der Waals surface area contributed by atoms with Gasteiger partial charge in [-0.25, -0.2) is 0 Å². The predicted octanol–water partition coefficient (Wildman–Crippen LogP) is 5.56. The molecule has 1 saturated carbocycles. The van der Waals surface area contributed by atoms with Gasteiger partial charge in [0.25, 0.3) is 0 Å². The van der Waals surface area contributed by atoms with Crippen molar-refractivity contribution in [2.45, 2.75) is 78.2 Å². The normalized spacial score (nSPS) is 29.5. The van der Waals surface area contributed by atoms with Crippen molar-refractivity contribution in [3.8, 4) is 0 Å². The number of rotatable bonds is 6. The first-order valence-electron chi connectivity index (χ1n) is 7.63. The highest BCUT2D eigenvalue weighted by atomic mass is 79.9. The molecule has 0 saturated heterocycles. The topological polar surface area (TPSA) is 9.23 Å². The first-order valence-corrected chi connectivity index (χ1v) is 8.75. The summed E-state index contributed by atoms with van der Waals surface area (Å²) in [6.45, 7) is 10.3. The van der Waals surface area contributed by atoms with Crippen molar-refractivity contribution in [1.29, 1.82) is 0 Å². The van der Waals surface area contributed by atoms with Crippen LogP contribution in [0.2, 0.25) is 0 Å². The summed E-state index contributed by atoms with van der Waals surface area (Å²) in [6.07, 6.45) is 8.89. The fourth-order valence-corrected chi connectivity index (χ4v) is 3.69. The minimum Gasteiger partial charge on any atom is -0.374 e. The van der Waals surface area contributed by atoms with Gasteiger partial charge in [0, 0.05) is 11.9 Å². The Morgan fingerprint density at radius 1 is 1.17 bits per heavy atom. The van der Waals surface area contributed by atoms with E-state index in [4.69, 9.17) is 4.74 Å². The molecule has 0 radical (unpaired) electrons. The Morgan fingerprint density at radius 3 is 2.22 bits per heavy atom. The second-order valence-corrected chi connectivity index (χ2v) is 7.57. The molecule has 0 aromatic rings. The summed E-state index contributed by atoms with van der Waals surface area (Å²) in [5, 5.41) is 1.00. The Bertz CT molecular complexity index is 224. The van der Waals surface area contributed by atoms with Crippen LogP contribution in [0.15, 0.2) is 0 Å². The summed E-state index contributed by atoms with van der Waals surface area (Å²) in [4.78, 5) is 0. The molecular formula is C16H31BrO. The average molecular weight is 319 g/mol. The van der Waals surface area contributed by atoms with Crippen LogP contribution in [0.5, 0.6) is 0 Å². The number of alkyl halides is 1. The van der Waals surface area contributed by atoms with Crippen LogP contribution in [0, 0.1) is 11.3 Å². The minimum absolute atomic E-state index is 0.134. The predicted molar refractivity (Wildman–Crippen MR) is 83.4 cm³/mol. The van der Waals surface area contributed by atoms with E-state index in [1.165, 1.54) is 44.9 Å². The molecule has 0 heterocycles. The van der Waals surface area contributed by atoms with Gasteiger partial charge in [0.15, 0.2) is 0 Å². The molecule has 18 heavy (non-hydrogen) atoms. The van der Waals surface area contributed by atoms with Crippen LogP contribution >= 0.6 is 15.9 Å². The molecule has 0 atom stereocenters. The van der Waals surface area contributed by atoms with Crippen molar-refractivity contribution in [2.24, 2.45) is 11.3 Å². The van der Waals surface area contributed by atoms with E-state index < -0.39 is 0 Å². The summed E-state index contributed by atoms with van der Waals surface area (Å²) in [5.74, 6) is 0.865. The van der Waals surface area contributed by atoms with E-state index in [-0.39, 0.29) is 5.60 Å². The van der Waals surface area contributed by atoms with Gasteiger partial charge >= 0.3 is 0 Å². The largest absolute Gasteiger partial charge is 0.374 e. The van der Waals surface area contributed by atoms with Gasteiger partial charge in [-0.3, -0.25) is 0 Å². The SMILES string of the molecule is CCCCCOC1(CBr)CCC(C(C)(C)C)CC1. The second-order valence-electron chi connectivity index (χ2n) is 7.01. The third kappa shape index (κ3) is 4.85. The van der Waals surface area contributed by atoms with Gasteiger partial charge in [-0.1, -0.05) is 56.5 Å². The molecular weight excluding hydrogens is 288 g/mol. The number of hydrogen-bond donors (Lipinski definition) is 0. The minimum atomic E-state index is 0.134. The van der Waals surface area contributed by atoms with Crippen LogP contribution in [0.25, 0.3) is 0 Å². The van der Waals surface area contributed by atoms with Crippen LogP contribution in [0.3, 0.4) is 0 Å². The molecule has 2 heteroatoms. The van der Waals surface area contributed by atoms with Gasteiger partial charge in [-0.05, 0) is 43.4 Å². The van der Waals surface area contributed by atoms with Gasteiger partial charge in [0.05, 0.1) is 5.60 Å². The van der Waals surface area contributed by atoms with Gasteiger partial charge in [0.1, 0.15) is 0 Å². The fourth-order valence-electron chi connectivity index (χ4n) is 2.97. The summed E-state index contributed by atoms with van der Waals surface area (Å²) in [7, 11) is 0. The fraction of sp³-hybridized carbons (Fsp3) is 1.00. The molecule has 1 nitrogen and oxygen atoms in total. The van der Waals surface area contributed by atoms with Crippen molar-refractivity contribution in [2.75, 3.05) is 11.9 Å². The van der Waals surface area contributed by atoms with Gasteiger partial charge in [0.2, 0.25) is 0 Å². The zero-order valence-corrected chi connectivity index (χ0v) is 14.3. The van der Waals surface area contributed by atoms with E-state index in [1.54, 1.807) is 0 Å². The van der Waals surface area contributed by atoms with E-state index >= 15 is 0 Å². The Morgan fingerprint density at radius 2 is 1.78 bits per heavy atom. The highest BCUT2D eigenvalue weighted by Crippen LogP contribution is 2.43. The smallest absolute Gasteiger partial charge is 0.0779 e. The quantitative estimate of drug-likeness (QED) is 0.460. The highest BCUT2D eigenvalue weighted by molar-refractivity contribution is 9.09. The summed E-state index contributed by atoms with van der Waals surface area (Å²) in [5.41, 5.74) is 0.593. The maximum absolute atomic E-state index is 6.24. The molecule has 1 aliphatic rings. The van der Waals surface area contributed by atoms with Gasteiger partial charge in [-0.2, -0.15) is 0 Å². The maximum atomic E-state index is 6.24. The van der Waals surface area contributed by atoms with E-state index in [9.17, 15) is 0 Å². The molecule has 0 spiro atoms. The highest BCUT2D eigenvalue weighted by Gasteiger charge is 2.38. The van der Waals surface area contributed by atoms with E-state index in [1.807, 2.05) is 0 Å². The molecule has 0 aromatic carbocycles. The van der Waals surface area contributed by atoms with Crippen molar-refractivity contribution < 1.29 is 4.74 Å². The van der Waals surface area contributed by atoms with Gasteiger partial charge < -0.3 is 4.74 Å². The third-order valence-corrected chi connectivity index (χ3v) is 5.54. The molecule has 0 unspecified atom stereocenters. The molecule has 0 N–H and O–H groups in total. The Hall–Kier alpha value is 0.440. The monoisotopic (exact) mass is 318 g/mol. The second kappa shape index (κ2) is 7.28. The summed E-state index contributed by atoms with van der Waals surface area (Å²) >= 11 is 3.68. The molecule has 1 rings (SSSR count). The lowest BCUT2D eigenvalue weighted by molar-refractivity contribution is -0.0700. The zero-order chi connectivity index (χ0) is 13.6. The van der Waals surface area contributed by atoms with Crippen LogP contribution in [-0.2, 0) is 4.74 Å². The lowest BCUT2D eigenvalue weighted by atomic mass is 9.69. The van der Waals surface area contributed by atoms with Crippen molar-refractivity contribution in [1.82, 2.24) is 0 Å². The van der Waals surface area contributed by atoms with E-state index in [0.29, 0.717) is 5.41 Å². The molecule has 108 valence electrons. The van der Waals surface area contributed by atoms with Crippen LogP contribution in [-0.4, -0.2) is 17.5 Å². The Labute approximate surface area is 122 Å². The number of halogens is 1. The van der Waals surface area contributed by atoms with E-state index in [0.717, 1.165) is 17.9 Å². The molecule has 1 aliphatic carbocycles.